The van der Waals surface area contributed by atoms with Crippen molar-refractivity contribution in [3.8, 4) is 0 Å². The first-order chi connectivity index (χ1) is 14.0. The molecule has 7 heteroatoms. The lowest BCUT2D eigenvalue weighted by atomic mass is 9.96. The normalized spacial score (nSPS) is 20.6. The molecular formula is C22H29N3O4. The van der Waals surface area contributed by atoms with Gasteiger partial charge in [-0.05, 0) is 50.2 Å². The molecule has 1 aliphatic carbocycles. The van der Waals surface area contributed by atoms with Crippen molar-refractivity contribution in [3.63, 3.8) is 0 Å². The Morgan fingerprint density at radius 2 is 1.76 bits per heavy atom. The predicted octanol–water partition coefficient (Wildman–Crippen LogP) is 2.09. The van der Waals surface area contributed by atoms with Gasteiger partial charge in [0.25, 0.3) is 0 Å². The second-order valence-corrected chi connectivity index (χ2v) is 8.26. The molecule has 0 atom stereocenters. The molecule has 0 spiro atoms. The minimum Gasteiger partial charge on any atom is -0.450 e. The Kier molecular flexibility index (Phi) is 5.48. The number of nitrogens with one attached hydrogen (secondary N) is 1. The van der Waals surface area contributed by atoms with E-state index in [9.17, 15) is 14.4 Å². The summed E-state index contributed by atoms with van der Waals surface area (Å²) in [5, 5.41) is 3.09. The first-order valence-electron chi connectivity index (χ1n) is 10.6. The summed E-state index contributed by atoms with van der Waals surface area (Å²) in [4.78, 5) is 41.5. The van der Waals surface area contributed by atoms with E-state index in [1.54, 1.807) is 11.8 Å². The van der Waals surface area contributed by atoms with Crippen LogP contribution >= 0.6 is 0 Å². The Balaban J connectivity index is 1.32. The van der Waals surface area contributed by atoms with Crippen LogP contribution in [0.4, 0.5) is 4.79 Å². The first kappa shape index (κ1) is 19.7. The van der Waals surface area contributed by atoms with Gasteiger partial charge in [0.15, 0.2) is 0 Å². The summed E-state index contributed by atoms with van der Waals surface area (Å²) >= 11 is 0. The predicted molar refractivity (Wildman–Crippen MR) is 107 cm³/mol. The van der Waals surface area contributed by atoms with Crippen LogP contribution < -0.4 is 5.32 Å². The van der Waals surface area contributed by atoms with Crippen molar-refractivity contribution in [1.29, 1.82) is 0 Å². The zero-order valence-corrected chi connectivity index (χ0v) is 17.0. The number of ether oxygens (including phenoxy) is 1. The minimum atomic E-state index is -0.884. The third-order valence-corrected chi connectivity index (χ3v) is 6.37. The molecule has 2 fully saturated rings. The van der Waals surface area contributed by atoms with Crippen LogP contribution in [-0.2, 0) is 27.3 Å². The Hall–Kier alpha value is -2.57. The van der Waals surface area contributed by atoms with Crippen LogP contribution in [0.5, 0.6) is 0 Å². The molecule has 1 saturated heterocycles. The van der Waals surface area contributed by atoms with Gasteiger partial charge in [0.2, 0.25) is 11.8 Å². The molecule has 7 nitrogen and oxygen atoms in total. The summed E-state index contributed by atoms with van der Waals surface area (Å²) in [6.45, 7) is 4.53. The maximum Gasteiger partial charge on any atom is 0.409 e. The summed E-state index contributed by atoms with van der Waals surface area (Å²) < 4.78 is 5.04. The topological polar surface area (TPSA) is 79.0 Å². The molecule has 0 bridgehead atoms. The van der Waals surface area contributed by atoms with Crippen molar-refractivity contribution < 1.29 is 19.1 Å². The fourth-order valence-corrected chi connectivity index (χ4v) is 4.38. The van der Waals surface area contributed by atoms with Crippen molar-refractivity contribution in [1.82, 2.24) is 15.1 Å². The lowest BCUT2D eigenvalue weighted by molar-refractivity contribution is -0.145. The van der Waals surface area contributed by atoms with Gasteiger partial charge >= 0.3 is 6.09 Å². The van der Waals surface area contributed by atoms with Crippen molar-refractivity contribution in [2.24, 2.45) is 5.41 Å². The summed E-state index contributed by atoms with van der Waals surface area (Å²) in [7, 11) is 0. The molecule has 0 radical (unpaired) electrons. The number of carbonyl (C=O) groups is 3. The number of rotatable bonds is 4. The van der Waals surface area contributed by atoms with E-state index in [1.807, 2.05) is 17.0 Å². The molecule has 0 aromatic heterocycles. The summed E-state index contributed by atoms with van der Waals surface area (Å²) in [6, 6.07) is 8.19. The Labute approximate surface area is 171 Å². The van der Waals surface area contributed by atoms with Crippen molar-refractivity contribution >= 4 is 17.9 Å². The molecule has 1 N–H and O–H groups in total. The van der Waals surface area contributed by atoms with E-state index in [0.717, 1.165) is 6.42 Å². The summed E-state index contributed by atoms with van der Waals surface area (Å²) in [6.07, 6.45) is 3.16. The molecular weight excluding hydrogens is 370 g/mol. The van der Waals surface area contributed by atoms with Gasteiger partial charge in [-0.1, -0.05) is 24.3 Å². The SMILES string of the molecule is CCOC(=O)N1CCC(NC(=O)C2(C(=O)N3CCc4ccccc4C3)CC2)CC1. The summed E-state index contributed by atoms with van der Waals surface area (Å²) in [5.41, 5.74) is 1.58. The average molecular weight is 399 g/mol. The van der Waals surface area contributed by atoms with Gasteiger partial charge < -0.3 is 19.9 Å². The Morgan fingerprint density at radius 3 is 2.41 bits per heavy atom. The van der Waals surface area contributed by atoms with Gasteiger partial charge in [-0.2, -0.15) is 0 Å². The van der Waals surface area contributed by atoms with E-state index < -0.39 is 5.41 Å². The number of piperidine rings is 1. The van der Waals surface area contributed by atoms with E-state index in [1.165, 1.54) is 11.1 Å². The number of hydrogen-bond acceptors (Lipinski definition) is 4. The second kappa shape index (κ2) is 8.05. The monoisotopic (exact) mass is 399 g/mol. The maximum atomic E-state index is 13.2. The van der Waals surface area contributed by atoms with Crippen LogP contribution in [-0.4, -0.2) is 60.0 Å². The molecule has 2 heterocycles. The number of likely N-dealkylation sites (tertiary alicyclic amines) is 1. The van der Waals surface area contributed by atoms with E-state index in [0.29, 0.717) is 58.5 Å². The van der Waals surface area contributed by atoms with Gasteiger partial charge in [-0.25, -0.2) is 4.79 Å². The highest BCUT2D eigenvalue weighted by Gasteiger charge is 2.58. The molecule has 3 amide bonds. The van der Waals surface area contributed by atoms with Crippen LogP contribution in [0.15, 0.2) is 24.3 Å². The molecule has 1 aromatic rings. The number of amides is 3. The van der Waals surface area contributed by atoms with Crippen LogP contribution in [0.2, 0.25) is 0 Å². The van der Waals surface area contributed by atoms with E-state index >= 15 is 0 Å². The third-order valence-electron chi connectivity index (χ3n) is 6.37. The van der Waals surface area contributed by atoms with Crippen molar-refractivity contribution in [2.45, 2.75) is 51.6 Å². The summed E-state index contributed by atoms with van der Waals surface area (Å²) in [5.74, 6) is -0.176. The fraction of sp³-hybridized carbons (Fsp3) is 0.591. The van der Waals surface area contributed by atoms with E-state index in [2.05, 4.69) is 17.4 Å². The van der Waals surface area contributed by atoms with Crippen molar-refractivity contribution in [3.05, 3.63) is 35.4 Å². The molecule has 0 unspecified atom stereocenters. The molecule has 1 saturated carbocycles. The van der Waals surface area contributed by atoms with Crippen LogP contribution in [0, 0.1) is 5.41 Å². The zero-order valence-electron chi connectivity index (χ0n) is 17.0. The minimum absolute atomic E-state index is 0.000494. The highest BCUT2D eigenvalue weighted by Crippen LogP contribution is 2.48. The largest absolute Gasteiger partial charge is 0.450 e. The average Bonchev–Trinajstić information content (AvgIpc) is 3.56. The van der Waals surface area contributed by atoms with Crippen LogP contribution in [0.1, 0.15) is 43.7 Å². The fourth-order valence-electron chi connectivity index (χ4n) is 4.38. The molecule has 4 rings (SSSR count). The molecule has 1 aromatic carbocycles. The highest BCUT2D eigenvalue weighted by molar-refractivity contribution is 6.08. The number of fused-ring (bicyclic) bond motifs is 1. The molecule has 29 heavy (non-hydrogen) atoms. The molecule has 156 valence electrons. The standard InChI is InChI=1S/C22H29N3O4/c1-2-29-21(28)24-13-8-18(9-14-24)23-19(26)22(10-11-22)20(27)25-12-7-16-5-3-4-6-17(16)15-25/h3-6,18H,2,7-15H2,1H3,(H,23,26). The Bertz CT molecular complexity index is 797. The van der Waals surface area contributed by atoms with Crippen molar-refractivity contribution in [2.75, 3.05) is 26.2 Å². The van der Waals surface area contributed by atoms with E-state index in [4.69, 9.17) is 4.74 Å². The highest BCUT2D eigenvalue weighted by atomic mass is 16.6. The lowest BCUT2D eigenvalue weighted by Gasteiger charge is -2.34. The lowest BCUT2D eigenvalue weighted by Crippen LogP contribution is -2.52. The second-order valence-electron chi connectivity index (χ2n) is 8.26. The quantitative estimate of drug-likeness (QED) is 0.787. The van der Waals surface area contributed by atoms with Gasteiger partial charge in [0.1, 0.15) is 5.41 Å². The van der Waals surface area contributed by atoms with E-state index in [-0.39, 0.29) is 23.9 Å². The van der Waals surface area contributed by atoms with Gasteiger partial charge in [-0.15, -0.1) is 0 Å². The van der Waals surface area contributed by atoms with Crippen LogP contribution in [0.25, 0.3) is 0 Å². The van der Waals surface area contributed by atoms with Crippen LogP contribution in [0.3, 0.4) is 0 Å². The number of carbonyl (C=O) groups excluding carboxylic acids is 3. The van der Waals surface area contributed by atoms with Gasteiger partial charge in [0.05, 0.1) is 6.61 Å². The third kappa shape index (κ3) is 3.95. The number of benzene rings is 1. The van der Waals surface area contributed by atoms with Gasteiger partial charge in [0, 0.05) is 32.2 Å². The molecule has 2 aliphatic heterocycles. The van der Waals surface area contributed by atoms with Gasteiger partial charge in [-0.3, -0.25) is 9.59 Å². The Morgan fingerprint density at radius 1 is 1.07 bits per heavy atom. The molecule has 3 aliphatic rings. The maximum absolute atomic E-state index is 13.2. The number of hydrogen-bond donors (Lipinski definition) is 1. The first-order valence-corrected chi connectivity index (χ1v) is 10.6. The number of nitrogens with zero attached hydrogens (tertiary/aromatic N) is 2. The smallest absolute Gasteiger partial charge is 0.409 e. The zero-order chi connectivity index (χ0) is 20.4.